The van der Waals surface area contributed by atoms with Crippen LogP contribution in [0.25, 0.3) is 0 Å². The van der Waals surface area contributed by atoms with Gasteiger partial charge in [0.1, 0.15) is 0 Å². The Balaban J connectivity index is 3.16. The van der Waals surface area contributed by atoms with Gasteiger partial charge in [-0.05, 0) is 12.3 Å². The molecule has 0 rings (SSSR count). The molecule has 1 N–H and O–H groups in total. The van der Waals surface area contributed by atoms with Crippen LogP contribution in [0.15, 0.2) is 5.16 Å². The van der Waals surface area contributed by atoms with E-state index < -0.39 is 0 Å². The van der Waals surface area contributed by atoms with Crippen LogP contribution in [0.5, 0.6) is 0 Å². The Kier molecular flexibility index (Phi) is 3.38. The van der Waals surface area contributed by atoms with Crippen molar-refractivity contribution in [1.29, 1.82) is 0 Å². The largest absolute Gasteiger partial charge is 0.411 e. The van der Waals surface area contributed by atoms with E-state index in [9.17, 15) is 0 Å². The van der Waals surface area contributed by atoms with E-state index in [-0.39, 0.29) is 5.92 Å². The molecule has 0 aromatic rings. The Hall–Kier alpha value is -0.530. The zero-order chi connectivity index (χ0) is 5.70. The molecule has 0 aromatic carbocycles. The molecule has 0 aliphatic heterocycles. The quantitative estimate of drug-likeness (QED) is 0.316. The first-order chi connectivity index (χ1) is 3.31. The van der Waals surface area contributed by atoms with Gasteiger partial charge in [-0.25, -0.2) is 0 Å². The average Bonchev–Trinajstić information content (AvgIpc) is 1.68. The third-order valence-corrected chi connectivity index (χ3v) is 0.828. The highest BCUT2D eigenvalue weighted by Crippen LogP contribution is 1.91. The van der Waals surface area contributed by atoms with Crippen molar-refractivity contribution in [3.05, 3.63) is 6.42 Å². The lowest BCUT2D eigenvalue weighted by Gasteiger charge is -1.92. The van der Waals surface area contributed by atoms with E-state index in [0.717, 1.165) is 0 Å². The molecule has 0 bridgehead atoms. The zero-order valence-electron chi connectivity index (χ0n) is 4.63. The summed E-state index contributed by atoms with van der Waals surface area (Å²) in [5.74, 6) is 0.282. The first-order valence-corrected chi connectivity index (χ1v) is 2.28. The van der Waals surface area contributed by atoms with E-state index in [0.29, 0.717) is 0 Å². The predicted molar refractivity (Wildman–Crippen MR) is 29.4 cm³/mol. The standard InChI is InChI=1S/C5H10NO/c1-3-5(2)4-6-7/h3-5,7H,1-2H3/b6-4-. The van der Waals surface area contributed by atoms with Gasteiger partial charge in [0.2, 0.25) is 0 Å². The third kappa shape index (κ3) is 3.30. The van der Waals surface area contributed by atoms with E-state index in [1.54, 1.807) is 0 Å². The summed E-state index contributed by atoms with van der Waals surface area (Å²) < 4.78 is 0. The second-order valence-electron chi connectivity index (χ2n) is 1.46. The molecule has 1 radical (unpaired) electrons. The van der Waals surface area contributed by atoms with E-state index in [1.165, 1.54) is 6.21 Å². The first-order valence-electron chi connectivity index (χ1n) is 2.28. The molecule has 2 nitrogen and oxygen atoms in total. The SMILES string of the molecule is C[CH]C(C)/C=N\O. The van der Waals surface area contributed by atoms with Crippen molar-refractivity contribution in [2.75, 3.05) is 0 Å². The third-order valence-electron chi connectivity index (χ3n) is 0.828. The normalized spacial score (nSPS) is 15.1. The van der Waals surface area contributed by atoms with Crippen molar-refractivity contribution in [2.45, 2.75) is 13.8 Å². The number of rotatable bonds is 2. The monoisotopic (exact) mass is 100 g/mol. The minimum atomic E-state index is 0.282. The second-order valence-corrected chi connectivity index (χ2v) is 1.46. The van der Waals surface area contributed by atoms with E-state index in [4.69, 9.17) is 5.21 Å². The molecule has 0 heterocycles. The molecule has 0 saturated carbocycles. The van der Waals surface area contributed by atoms with Gasteiger partial charge in [-0.3, -0.25) is 0 Å². The van der Waals surface area contributed by atoms with Crippen molar-refractivity contribution in [2.24, 2.45) is 11.1 Å². The molecule has 0 amide bonds. The molecule has 0 fully saturated rings. The van der Waals surface area contributed by atoms with Crippen LogP contribution in [-0.4, -0.2) is 11.4 Å². The average molecular weight is 100 g/mol. The first kappa shape index (κ1) is 6.47. The Bertz CT molecular complexity index is 61.1. The lowest BCUT2D eigenvalue weighted by atomic mass is 10.1. The topological polar surface area (TPSA) is 32.6 Å². The van der Waals surface area contributed by atoms with Crippen molar-refractivity contribution in [3.8, 4) is 0 Å². The Morgan fingerprint density at radius 2 is 2.29 bits per heavy atom. The molecule has 2 heteroatoms. The van der Waals surface area contributed by atoms with Crippen LogP contribution in [0.3, 0.4) is 0 Å². The summed E-state index contributed by atoms with van der Waals surface area (Å²) in [5, 5.41) is 10.8. The van der Waals surface area contributed by atoms with Crippen molar-refractivity contribution in [3.63, 3.8) is 0 Å². The highest BCUT2D eigenvalue weighted by molar-refractivity contribution is 5.60. The van der Waals surface area contributed by atoms with Crippen molar-refractivity contribution < 1.29 is 5.21 Å². The van der Waals surface area contributed by atoms with Gasteiger partial charge in [0, 0.05) is 6.21 Å². The Morgan fingerprint density at radius 3 is 2.43 bits per heavy atom. The minimum absolute atomic E-state index is 0.282. The number of hydrogen-bond donors (Lipinski definition) is 1. The number of oxime groups is 1. The summed E-state index contributed by atoms with van der Waals surface area (Å²) >= 11 is 0. The lowest BCUT2D eigenvalue weighted by molar-refractivity contribution is 0.319. The maximum atomic E-state index is 7.92. The lowest BCUT2D eigenvalue weighted by Crippen LogP contribution is -1.91. The molecule has 0 saturated heterocycles. The van der Waals surface area contributed by atoms with Crippen molar-refractivity contribution >= 4 is 6.21 Å². The summed E-state index contributed by atoms with van der Waals surface area (Å²) in [6.45, 7) is 3.87. The molecule has 41 valence electrons. The molecule has 1 unspecified atom stereocenters. The van der Waals surface area contributed by atoms with E-state index in [2.05, 4.69) is 5.16 Å². The van der Waals surface area contributed by atoms with Gasteiger partial charge < -0.3 is 5.21 Å². The van der Waals surface area contributed by atoms with Gasteiger partial charge >= 0.3 is 0 Å². The highest BCUT2D eigenvalue weighted by Gasteiger charge is 1.89. The fourth-order valence-electron chi connectivity index (χ4n) is 0.191. The van der Waals surface area contributed by atoms with Gasteiger partial charge in [-0.15, -0.1) is 5.16 Å². The van der Waals surface area contributed by atoms with Crippen LogP contribution < -0.4 is 0 Å². The van der Waals surface area contributed by atoms with Gasteiger partial charge in [0.25, 0.3) is 0 Å². The molecule has 7 heavy (non-hydrogen) atoms. The fraction of sp³-hybridized carbons (Fsp3) is 0.600. The van der Waals surface area contributed by atoms with Crippen molar-refractivity contribution in [1.82, 2.24) is 0 Å². The van der Waals surface area contributed by atoms with Crippen LogP contribution >= 0.6 is 0 Å². The summed E-state index contributed by atoms with van der Waals surface area (Å²) in [7, 11) is 0. The fourth-order valence-corrected chi connectivity index (χ4v) is 0.191. The maximum Gasteiger partial charge on any atom is 0.0466 e. The maximum absolute atomic E-state index is 7.92. The molecule has 0 aromatic heterocycles. The smallest absolute Gasteiger partial charge is 0.0466 e. The molecular formula is C5H10NO. The molecule has 1 atom stereocenters. The molecule has 0 aliphatic rings. The second kappa shape index (κ2) is 3.65. The summed E-state index contributed by atoms with van der Waals surface area (Å²) in [6, 6.07) is 0. The molecule has 0 aliphatic carbocycles. The zero-order valence-corrected chi connectivity index (χ0v) is 4.63. The minimum Gasteiger partial charge on any atom is -0.411 e. The van der Waals surface area contributed by atoms with Gasteiger partial charge in [0.05, 0.1) is 0 Å². The van der Waals surface area contributed by atoms with E-state index in [1.807, 2.05) is 20.3 Å². The summed E-state index contributed by atoms with van der Waals surface area (Å²) in [5.41, 5.74) is 0. The van der Waals surface area contributed by atoms with Gasteiger partial charge in [-0.1, -0.05) is 13.8 Å². The van der Waals surface area contributed by atoms with Gasteiger partial charge in [-0.2, -0.15) is 0 Å². The Labute approximate surface area is 43.8 Å². The number of hydrogen-bond acceptors (Lipinski definition) is 2. The summed E-state index contributed by atoms with van der Waals surface area (Å²) in [6.07, 6.45) is 3.42. The highest BCUT2D eigenvalue weighted by atomic mass is 16.4. The van der Waals surface area contributed by atoms with Crippen LogP contribution in [0.1, 0.15) is 13.8 Å². The van der Waals surface area contributed by atoms with Crippen LogP contribution in [0, 0.1) is 12.3 Å². The van der Waals surface area contributed by atoms with Crippen LogP contribution in [0.4, 0.5) is 0 Å². The predicted octanol–water partition coefficient (Wildman–Crippen LogP) is 1.31. The van der Waals surface area contributed by atoms with E-state index >= 15 is 0 Å². The number of nitrogens with zero attached hydrogens (tertiary/aromatic N) is 1. The molecule has 0 spiro atoms. The Morgan fingerprint density at radius 1 is 1.71 bits per heavy atom. The van der Waals surface area contributed by atoms with Crippen LogP contribution in [-0.2, 0) is 0 Å². The van der Waals surface area contributed by atoms with Crippen LogP contribution in [0.2, 0.25) is 0 Å². The molecular weight excluding hydrogens is 90.1 g/mol. The van der Waals surface area contributed by atoms with Gasteiger partial charge in [0.15, 0.2) is 0 Å². The summed E-state index contributed by atoms with van der Waals surface area (Å²) in [4.78, 5) is 0.